The number of carbonyl (C=O) groups excluding carboxylic acids is 1. The summed E-state index contributed by atoms with van der Waals surface area (Å²) in [6, 6.07) is 11.1. The van der Waals surface area contributed by atoms with Crippen molar-refractivity contribution in [2.45, 2.75) is 19.9 Å². The number of hydrogen-bond acceptors (Lipinski definition) is 2. The van der Waals surface area contributed by atoms with Gasteiger partial charge in [-0.15, -0.1) is 0 Å². The van der Waals surface area contributed by atoms with E-state index in [1.807, 2.05) is 38.1 Å². The zero-order chi connectivity index (χ0) is 13.3. The van der Waals surface area contributed by atoms with E-state index in [0.717, 1.165) is 10.8 Å². The zero-order valence-electron chi connectivity index (χ0n) is 10.8. The van der Waals surface area contributed by atoms with Crippen LogP contribution in [0.15, 0.2) is 36.4 Å². The number of aromatic hydroxyl groups is 1. The van der Waals surface area contributed by atoms with Crippen molar-refractivity contribution < 1.29 is 9.90 Å². The fraction of sp³-hybridized carbons (Fsp3) is 0.267. The molecular weight excluding hydrogens is 226 g/mol. The Kier molecular flexibility index (Phi) is 3.24. The van der Waals surface area contributed by atoms with Gasteiger partial charge in [0.15, 0.2) is 0 Å². The molecule has 94 valence electrons. The third-order valence-corrected chi connectivity index (χ3v) is 3.19. The maximum Gasteiger partial charge on any atom is 0.257 e. The van der Waals surface area contributed by atoms with Crippen molar-refractivity contribution in [1.29, 1.82) is 0 Å². The van der Waals surface area contributed by atoms with Gasteiger partial charge in [0.05, 0.1) is 5.56 Å². The maximum absolute atomic E-state index is 12.2. The Hall–Kier alpha value is -2.03. The highest BCUT2D eigenvalue weighted by Crippen LogP contribution is 2.26. The van der Waals surface area contributed by atoms with Crippen molar-refractivity contribution >= 4 is 16.7 Å². The van der Waals surface area contributed by atoms with Gasteiger partial charge in [-0.25, -0.2) is 0 Å². The third kappa shape index (κ3) is 2.16. The van der Waals surface area contributed by atoms with Gasteiger partial charge in [-0.3, -0.25) is 4.79 Å². The highest BCUT2D eigenvalue weighted by molar-refractivity contribution is 6.01. The number of amides is 1. The van der Waals surface area contributed by atoms with Gasteiger partial charge in [-0.05, 0) is 36.8 Å². The molecule has 0 fully saturated rings. The predicted molar refractivity (Wildman–Crippen MR) is 72.8 cm³/mol. The molecule has 2 rings (SSSR count). The summed E-state index contributed by atoms with van der Waals surface area (Å²) in [5, 5.41) is 11.8. The van der Waals surface area contributed by atoms with Gasteiger partial charge in [0.1, 0.15) is 5.75 Å². The van der Waals surface area contributed by atoms with E-state index in [9.17, 15) is 9.90 Å². The lowest BCUT2D eigenvalue weighted by atomic mass is 10.0. The van der Waals surface area contributed by atoms with Crippen LogP contribution in [0.3, 0.4) is 0 Å². The molecule has 0 atom stereocenters. The van der Waals surface area contributed by atoms with Crippen LogP contribution >= 0.6 is 0 Å². The Labute approximate surface area is 107 Å². The van der Waals surface area contributed by atoms with Crippen molar-refractivity contribution in [3.05, 3.63) is 42.0 Å². The molecule has 0 aromatic heterocycles. The Bertz CT molecular complexity index is 590. The largest absolute Gasteiger partial charge is 0.507 e. The van der Waals surface area contributed by atoms with Gasteiger partial charge in [0, 0.05) is 13.1 Å². The van der Waals surface area contributed by atoms with Crippen molar-refractivity contribution in [1.82, 2.24) is 4.90 Å². The van der Waals surface area contributed by atoms with E-state index >= 15 is 0 Å². The Morgan fingerprint density at radius 1 is 1.17 bits per heavy atom. The van der Waals surface area contributed by atoms with E-state index in [1.54, 1.807) is 24.1 Å². The van der Waals surface area contributed by atoms with E-state index in [1.165, 1.54) is 0 Å². The molecule has 0 bridgehead atoms. The highest BCUT2D eigenvalue weighted by atomic mass is 16.3. The van der Waals surface area contributed by atoms with Gasteiger partial charge >= 0.3 is 0 Å². The Morgan fingerprint density at radius 2 is 1.72 bits per heavy atom. The lowest BCUT2D eigenvalue weighted by molar-refractivity contribution is 0.0752. The molecule has 0 saturated carbocycles. The summed E-state index contributed by atoms with van der Waals surface area (Å²) in [6.07, 6.45) is 0. The summed E-state index contributed by atoms with van der Waals surface area (Å²) in [7, 11) is 1.74. The van der Waals surface area contributed by atoms with E-state index < -0.39 is 0 Å². The van der Waals surface area contributed by atoms with Crippen LogP contribution in [-0.2, 0) is 0 Å². The summed E-state index contributed by atoms with van der Waals surface area (Å²) < 4.78 is 0. The monoisotopic (exact) mass is 243 g/mol. The summed E-state index contributed by atoms with van der Waals surface area (Å²) in [4.78, 5) is 13.8. The molecule has 0 unspecified atom stereocenters. The number of carbonyl (C=O) groups is 1. The van der Waals surface area contributed by atoms with Gasteiger partial charge in [-0.1, -0.05) is 24.3 Å². The van der Waals surface area contributed by atoms with Crippen LogP contribution in [0.2, 0.25) is 0 Å². The predicted octanol–water partition coefficient (Wildman–Crippen LogP) is 3.03. The highest BCUT2D eigenvalue weighted by Gasteiger charge is 2.18. The van der Waals surface area contributed by atoms with Gasteiger partial charge in [-0.2, -0.15) is 0 Å². The summed E-state index contributed by atoms with van der Waals surface area (Å²) in [5.74, 6) is -0.126. The smallest absolute Gasteiger partial charge is 0.257 e. The third-order valence-electron chi connectivity index (χ3n) is 3.19. The van der Waals surface area contributed by atoms with Crippen LogP contribution in [0.5, 0.6) is 5.75 Å². The molecule has 0 saturated heterocycles. The fourth-order valence-electron chi connectivity index (χ4n) is 1.82. The lowest BCUT2D eigenvalue weighted by Crippen LogP contribution is -2.32. The first kappa shape index (κ1) is 12.4. The quantitative estimate of drug-likeness (QED) is 0.880. The van der Waals surface area contributed by atoms with Gasteiger partial charge in [0.25, 0.3) is 5.91 Å². The van der Waals surface area contributed by atoms with Crippen molar-refractivity contribution in [2.75, 3.05) is 7.05 Å². The number of fused-ring (bicyclic) bond motifs is 1. The number of nitrogens with zero attached hydrogens (tertiary/aromatic N) is 1. The standard InChI is InChI=1S/C15H17NO2/c1-10(2)16(3)15(18)13-8-11-6-4-5-7-12(11)9-14(13)17/h4-10,17H,1-3H3. The molecule has 0 aliphatic carbocycles. The van der Waals surface area contributed by atoms with Crippen LogP contribution in [0, 0.1) is 0 Å². The van der Waals surface area contributed by atoms with Gasteiger partial charge < -0.3 is 10.0 Å². The molecule has 1 amide bonds. The first-order valence-corrected chi connectivity index (χ1v) is 5.99. The first-order chi connectivity index (χ1) is 8.50. The van der Waals surface area contributed by atoms with Crippen LogP contribution in [0.4, 0.5) is 0 Å². The van der Waals surface area contributed by atoms with E-state index in [0.29, 0.717) is 5.56 Å². The van der Waals surface area contributed by atoms with Crippen LogP contribution in [0.25, 0.3) is 10.8 Å². The maximum atomic E-state index is 12.2. The Morgan fingerprint density at radius 3 is 2.28 bits per heavy atom. The molecule has 0 aliphatic rings. The summed E-state index contributed by atoms with van der Waals surface area (Å²) in [6.45, 7) is 3.88. The average molecular weight is 243 g/mol. The SMILES string of the molecule is CC(C)N(C)C(=O)c1cc2ccccc2cc1O. The second kappa shape index (κ2) is 4.69. The minimum absolute atomic E-state index is 0.0335. The molecule has 2 aromatic rings. The minimum atomic E-state index is -0.159. The number of phenols is 1. The molecule has 18 heavy (non-hydrogen) atoms. The minimum Gasteiger partial charge on any atom is -0.507 e. The topological polar surface area (TPSA) is 40.5 Å². The zero-order valence-corrected chi connectivity index (χ0v) is 10.8. The fourth-order valence-corrected chi connectivity index (χ4v) is 1.82. The molecule has 0 radical (unpaired) electrons. The van der Waals surface area contributed by atoms with E-state index in [-0.39, 0.29) is 17.7 Å². The van der Waals surface area contributed by atoms with Crippen LogP contribution in [0.1, 0.15) is 24.2 Å². The molecule has 2 aromatic carbocycles. The first-order valence-electron chi connectivity index (χ1n) is 5.99. The molecule has 1 N–H and O–H groups in total. The molecule has 0 heterocycles. The second-order valence-corrected chi connectivity index (χ2v) is 4.73. The van der Waals surface area contributed by atoms with Crippen LogP contribution in [-0.4, -0.2) is 29.0 Å². The Balaban J connectivity index is 2.51. The van der Waals surface area contributed by atoms with Crippen molar-refractivity contribution in [3.8, 4) is 5.75 Å². The number of hydrogen-bond donors (Lipinski definition) is 1. The van der Waals surface area contributed by atoms with Crippen molar-refractivity contribution in [3.63, 3.8) is 0 Å². The molecule has 0 spiro atoms. The van der Waals surface area contributed by atoms with E-state index in [4.69, 9.17) is 0 Å². The summed E-state index contributed by atoms with van der Waals surface area (Å²) in [5.41, 5.74) is 0.352. The molecule has 3 nitrogen and oxygen atoms in total. The average Bonchev–Trinajstić information content (AvgIpc) is 2.36. The number of phenolic OH excluding ortho intramolecular Hbond substituents is 1. The molecule has 0 aliphatic heterocycles. The molecule has 3 heteroatoms. The molecular formula is C15H17NO2. The normalized spacial score (nSPS) is 10.9. The number of benzene rings is 2. The second-order valence-electron chi connectivity index (χ2n) is 4.73. The number of rotatable bonds is 2. The lowest BCUT2D eigenvalue weighted by Gasteiger charge is -2.22. The van der Waals surface area contributed by atoms with Crippen molar-refractivity contribution in [2.24, 2.45) is 0 Å². The summed E-state index contributed by atoms with van der Waals surface area (Å²) >= 11 is 0. The van der Waals surface area contributed by atoms with Gasteiger partial charge in [0.2, 0.25) is 0 Å². The van der Waals surface area contributed by atoms with E-state index in [2.05, 4.69) is 0 Å². The van der Waals surface area contributed by atoms with Crippen LogP contribution < -0.4 is 0 Å².